The maximum Gasteiger partial charge on any atom is 0.270 e. The van der Waals surface area contributed by atoms with Gasteiger partial charge in [0, 0.05) is 25.7 Å². The van der Waals surface area contributed by atoms with Crippen molar-refractivity contribution in [1.29, 1.82) is 5.26 Å². The number of non-ortho nitro benzene ring substituents is 1. The van der Waals surface area contributed by atoms with Crippen LogP contribution in [0.3, 0.4) is 0 Å². The molecule has 1 aliphatic carbocycles. The van der Waals surface area contributed by atoms with E-state index in [0.29, 0.717) is 5.56 Å². The van der Waals surface area contributed by atoms with Gasteiger partial charge in [-0.05, 0) is 18.4 Å². The molecule has 5 nitrogen and oxygen atoms in total. The van der Waals surface area contributed by atoms with Gasteiger partial charge in [0.15, 0.2) is 0 Å². The van der Waals surface area contributed by atoms with Crippen molar-refractivity contribution >= 4 is 11.4 Å². The van der Waals surface area contributed by atoms with Crippen molar-refractivity contribution in [2.24, 2.45) is 5.92 Å². The third-order valence-electron chi connectivity index (χ3n) is 3.29. The second kappa shape index (κ2) is 5.05. The van der Waals surface area contributed by atoms with Crippen LogP contribution in [0.1, 0.15) is 24.8 Å². The predicted molar refractivity (Wildman–Crippen MR) is 68.4 cm³/mol. The molecule has 18 heavy (non-hydrogen) atoms. The van der Waals surface area contributed by atoms with E-state index in [4.69, 9.17) is 5.26 Å². The van der Waals surface area contributed by atoms with Crippen LogP contribution in [0.4, 0.5) is 11.4 Å². The summed E-state index contributed by atoms with van der Waals surface area (Å²) < 4.78 is 0. The van der Waals surface area contributed by atoms with Crippen LogP contribution in [0.25, 0.3) is 0 Å². The summed E-state index contributed by atoms with van der Waals surface area (Å²) in [7, 11) is 1.92. The number of anilines is 1. The van der Waals surface area contributed by atoms with Gasteiger partial charge in [0.25, 0.3) is 5.69 Å². The van der Waals surface area contributed by atoms with E-state index in [2.05, 4.69) is 0 Å². The lowest BCUT2D eigenvalue weighted by Crippen LogP contribution is -2.20. The van der Waals surface area contributed by atoms with Gasteiger partial charge in [-0.3, -0.25) is 10.1 Å². The Morgan fingerprint density at radius 3 is 2.83 bits per heavy atom. The average Bonchev–Trinajstić information content (AvgIpc) is 3.19. The molecule has 1 saturated carbocycles. The number of hydrogen-bond acceptors (Lipinski definition) is 4. The van der Waals surface area contributed by atoms with Crippen LogP contribution in [-0.2, 0) is 0 Å². The van der Waals surface area contributed by atoms with Crippen molar-refractivity contribution < 1.29 is 4.92 Å². The maximum atomic E-state index is 10.7. The first-order chi connectivity index (χ1) is 8.61. The summed E-state index contributed by atoms with van der Waals surface area (Å²) >= 11 is 0. The highest BCUT2D eigenvalue weighted by Crippen LogP contribution is 2.33. The first kappa shape index (κ1) is 12.4. The van der Waals surface area contributed by atoms with E-state index in [1.807, 2.05) is 18.0 Å². The zero-order chi connectivity index (χ0) is 13.1. The van der Waals surface area contributed by atoms with Gasteiger partial charge >= 0.3 is 0 Å². The number of nitrogens with zero attached hydrogens (tertiary/aromatic N) is 3. The van der Waals surface area contributed by atoms with Crippen molar-refractivity contribution in [2.75, 3.05) is 18.5 Å². The van der Waals surface area contributed by atoms with Crippen molar-refractivity contribution in [2.45, 2.75) is 19.3 Å². The van der Waals surface area contributed by atoms with Gasteiger partial charge in [-0.25, -0.2) is 0 Å². The van der Waals surface area contributed by atoms with E-state index in [1.165, 1.54) is 25.0 Å². The minimum atomic E-state index is -0.477. The molecule has 0 heterocycles. The quantitative estimate of drug-likeness (QED) is 0.590. The Bertz CT molecular complexity index is 503. The number of rotatable bonds is 5. The molecular formula is C13H15N3O2. The molecule has 0 bridgehead atoms. The largest absolute Gasteiger partial charge is 0.374 e. The molecular weight excluding hydrogens is 230 g/mol. The van der Waals surface area contributed by atoms with Crippen LogP contribution in [0, 0.1) is 27.4 Å². The molecule has 1 aromatic carbocycles. The molecule has 0 unspecified atom stereocenters. The van der Waals surface area contributed by atoms with E-state index in [-0.39, 0.29) is 5.69 Å². The summed E-state index contributed by atoms with van der Waals surface area (Å²) in [5.41, 5.74) is 1.09. The van der Waals surface area contributed by atoms with Gasteiger partial charge in [-0.2, -0.15) is 5.26 Å². The van der Waals surface area contributed by atoms with E-state index in [0.717, 1.165) is 24.6 Å². The number of nitro groups is 1. The SMILES string of the molecule is CN(CCC1CC1)c1ccc([N+](=O)[O-])cc1C#N. The zero-order valence-corrected chi connectivity index (χ0v) is 10.3. The number of nitro benzene ring substituents is 1. The van der Waals surface area contributed by atoms with Crippen LogP contribution in [-0.4, -0.2) is 18.5 Å². The van der Waals surface area contributed by atoms with Gasteiger partial charge < -0.3 is 4.90 Å². The van der Waals surface area contributed by atoms with Gasteiger partial charge in [-0.1, -0.05) is 12.8 Å². The monoisotopic (exact) mass is 245 g/mol. The predicted octanol–water partition coefficient (Wildman–Crippen LogP) is 2.70. The summed E-state index contributed by atoms with van der Waals surface area (Å²) in [6.07, 6.45) is 3.73. The van der Waals surface area contributed by atoms with Crippen LogP contribution in [0.5, 0.6) is 0 Å². The molecule has 0 saturated heterocycles. The van der Waals surface area contributed by atoms with E-state index in [9.17, 15) is 10.1 Å². The number of nitriles is 1. The first-order valence-electron chi connectivity index (χ1n) is 6.01. The fraction of sp³-hybridized carbons (Fsp3) is 0.462. The third kappa shape index (κ3) is 2.77. The molecule has 0 radical (unpaired) electrons. The van der Waals surface area contributed by atoms with Crippen molar-refractivity contribution in [3.63, 3.8) is 0 Å². The second-order valence-electron chi connectivity index (χ2n) is 4.72. The van der Waals surface area contributed by atoms with Crippen LogP contribution < -0.4 is 4.90 Å². The highest BCUT2D eigenvalue weighted by Gasteiger charge is 2.22. The first-order valence-corrected chi connectivity index (χ1v) is 6.01. The Morgan fingerprint density at radius 1 is 1.56 bits per heavy atom. The smallest absolute Gasteiger partial charge is 0.270 e. The molecule has 0 amide bonds. The molecule has 5 heteroatoms. The van der Waals surface area contributed by atoms with E-state index >= 15 is 0 Å². The van der Waals surface area contributed by atoms with Crippen molar-refractivity contribution in [3.8, 4) is 6.07 Å². The molecule has 1 fully saturated rings. The van der Waals surface area contributed by atoms with E-state index < -0.39 is 4.92 Å². The molecule has 0 N–H and O–H groups in total. The van der Waals surface area contributed by atoms with Gasteiger partial charge in [-0.15, -0.1) is 0 Å². The summed E-state index contributed by atoms with van der Waals surface area (Å²) in [6.45, 7) is 0.886. The highest BCUT2D eigenvalue weighted by molar-refractivity contribution is 5.62. The Balaban J connectivity index is 2.15. The average molecular weight is 245 g/mol. The highest BCUT2D eigenvalue weighted by atomic mass is 16.6. The Labute approximate surface area is 106 Å². The van der Waals surface area contributed by atoms with Crippen LogP contribution >= 0.6 is 0 Å². The lowest BCUT2D eigenvalue weighted by Gasteiger charge is -2.20. The third-order valence-corrected chi connectivity index (χ3v) is 3.29. The standard InChI is InChI=1S/C13H15N3O2/c1-15(7-6-10-2-3-10)13-5-4-12(16(17)18)8-11(13)9-14/h4-5,8,10H,2-3,6-7H2,1H3. The van der Waals surface area contributed by atoms with Crippen LogP contribution in [0.15, 0.2) is 18.2 Å². The summed E-state index contributed by atoms with van der Waals surface area (Å²) in [4.78, 5) is 12.2. The Hall–Kier alpha value is -2.09. The fourth-order valence-corrected chi connectivity index (χ4v) is 1.96. The fourth-order valence-electron chi connectivity index (χ4n) is 1.96. The lowest BCUT2D eigenvalue weighted by atomic mass is 10.1. The Kier molecular flexibility index (Phi) is 3.47. The van der Waals surface area contributed by atoms with Gasteiger partial charge in [0.1, 0.15) is 6.07 Å². The molecule has 1 aromatic rings. The molecule has 0 atom stereocenters. The summed E-state index contributed by atoms with van der Waals surface area (Å²) in [6, 6.07) is 6.47. The molecule has 0 aromatic heterocycles. The van der Waals surface area contributed by atoms with E-state index in [1.54, 1.807) is 6.07 Å². The zero-order valence-electron chi connectivity index (χ0n) is 10.3. The summed E-state index contributed by atoms with van der Waals surface area (Å²) in [5.74, 6) is 0.830. The molecule has 1 aliphatic rings. The number of hydrogen-bond donors (Lipinski definition) is 0. The molecule has 94 valence electrons. The molecule has 0 spiro atoms. The van der Waals surface area contributed by atoms with Gasteiger partial charge in [0.05, 0.1) is 16.2 Å². The normalized spacial score (nSPS) is 14.0. The van der Waals surface area contributed by atoms with Crippen LogP contribution in [0.2, 0.25) is 0 Å². The molecule has 0 aliphatic heterocycles. The lowest BCUT2D eigenvalue weighted by molar-refractivity contribution is -0.384. The minimum Gasteiger partial charge on any atom is -0.374 e. The number of benzene rings is 1. The summed E-state index contributed by atoms with van der Waals surface area (Å²) in [5, 5.41) is 19.7. The topological polar surface area (TPSA) is 70.2 Å². The van der Waals surface area contributed by atoms with Gasteiger partial charge in [0.2, 0.25) is 0 Å². The molecule has 2 rings (SSSR count). The maximum absolute atomic E-state index is 10.7. The Morgan fingerprint density at radius 2 is 2.28 bits per heavy atom. The second-order valence-corrected chi connectivity index (χ2v) is 4.72. The van der Waals surface area contributed by atoms with Crippen molar-refractivity contribution in [1.82, 2.24) is 0 Å². The minimum absolute atomic E-state index is 0.0362. The van der Waals surface area contributed by atoms with Crippen molar-refractivity contribution in [3.05, 3.63) is 33.9 Å².